The van der Waals surface area contributed by atoms with Crippen molar-refractivity contribution in [2.24, 2.45) is 0 Å². The Morgan fingerprint density at radius 3 is 3.00 bits per heavy atom. The number of carbonyl (C=O) groups excluding carboxylic acids is 1. The van der Waals surface area contributed by atoms with E-state index in [4.69, 9.17) is 0 Å². The lowest BCUT2D eigenvalue weighted by molar-refractivity contribution is -0.114. The molecule has 0 saturated carbocycles. The zero-order chi connectivity index (χ0) is 14.4. The maximum Gasteiger partial charge on any atom is 0.221 e. The highest BCUT2D eigenvalue weighted by atomic mass is 32.2. The van der Waals surface area contributed by atoms with Crippen LogP contribution in [0.25, 0.3) is 0 Å². The molecule has 2 atom stereocenters. The number of hydrogen-bond donors (Lipinski definition) is 2. The number of rotatable bonds is 5. The number of carbonyl (C=O) groups is 1. The summed E-state index contributed by atoms with van der Waals surface area (Å²) in [6, 6.07) is 8.39. The van der Waals surface area contributed by atoms with Gasteiger partial charge < -0.3 is 10.6 Å². The Hall–Kier alpha value is -1.00. The molecule has 2 unspecified atom stereocenters. The summed E-state index contributed by atoms with van der Waals surface area (Å²) >= 11 is 2.09. The Bertz CT molecular complexity index is 444. The van der Waals surface area contributed by atoms with E-state index in [9.17, 15) is 4.79 Å². The van der Waals surface area contributed by atoms with E-state index in [0.29, 0.717) is 6.04 Å². The van der Waals surface area contributed by atoms with E-state index in [1.807, 2.05) is 18.2 Å². The first-order valence-corrected chi connectivity index (χ1v) is 8.42. The average Bonchev–Trinajstić information content (AvgIpc) is 2.45. The van der Waals surface area contributed by atoms with E-state index in [2.05, 4.69) is 35.4 Å². The summed E-state index contributed by atoms with van der Waals surface area (Å²) in [5.74, 6) is 1.28. The molecule has 1 heterocycles. The smallest absolute Gasteiger partial charge is 0.221 e. The molecule has 0 radical (unpaired) electrons. The lowest BCUT2D eigenvalue weighted by Crippen LogP contribution is -2.29. The van der Waals surface area contributed by atoms with E-state index in [1.54, 1.807) is 0 Å². The Morgan fingerprint density at radius 1 is 1.45 bits per heavy atom. The third kappa shape index (κ3) is 4.84. The second kappa shape index (κ2) is 7.70. The quantitative estimate of drug-likeness (QED) is 0.871. The topological polar surface area (TPSA) is 41.1 Å². The number of amides is 1. The minimum Gasteiger partial charge on any atom is -0.326 e. The molecule has 110 valence electrons. The minimum atomic E-state index is -0.0265. The molecule has 1 saturated heterocycles. The summed E-state index contributed by atoms with van der Waals surface area (Å²) in [7, 11) is 0. The van der Waals surface area contributed by atoms with Crippen LogP contribution < -0.4 is 10.6 Å². The molecule has 3 nitrogen and oxygen atoms in total. The number of thioether (sulfide) groups is 1. The van der Waals surface area contributed by atoms with E-state index in [-0.39, 0.29) is 5.91 Å². The first-order chi connectivity index (χ1) is 9.65. The highest BCUT2D eigenvalue weighted by Gasteiger charge is 2.15. The van der Waals surface area contributed by atoms with Gasteiger partial charge in [0.05, 0.1) is 0 Å². The molecule has 2 N–H and O–H groups in total. The number of anilines is 1. The summed E-state index contributed by atoms with van der Waals surface area (Å²) in [5, 5.41) is 7.20. The zero-order valence-corrected chi connectivity index (χ0v) is 13.1. The van der Waals surface area contributed by atoms with Crippen molar-refractivity contribution in [3.8, 4) is 0 Å². The van der Waals surface area contributed by atoms with Crippen LogP contribution in [0, 0.1) is 0 Å². The Labute approximate surface area is 125 Å². The minimum absolute atomic E-state index is 0.0265. The fraction of sp³-hybridized carbons (Fsp3) is 0.562. The van der Waals surface area contributed by atoms with Crippen LogP contribution in [-0.4, -0.2) is 23.5 Å². The molecular weight excluding hydrogens is 268 g/mol. The molecule has 2 rings (SSSR count). The largest absolute Gasteiger partial charge is 0.326 e. The van der Waals surface area contributed by atoms with Crippen molar-refractivity contribution in [1.82, 2.24) is 5.32 Å². The van der Waals surface area contributed by atoms with Gasteiger partial charge >= 0.3 is 0 Å². The second-order valence-electron chi connectivity index (χ2n) is 5.43. The van der Waals surface area contributed by atoms with Crippen LogP contribution in [0.3, 0.4) is 0 Å². The second-order valence-corrected chi connectivity index (χ2v) is 6.83. The lowest BCUT2D eigenvalue weighted by Gasteiger charge is -2.24. The summed E-state index contributed by atoms with van der Waals surface area (Å²) < 4.78 is 0. The highest BCUT2D eigenvalue weighted by molar-refractivity contribution is 7.99. The fourth-order valence-corrected chi connectivity index (χ4v) is 3.74. The van der Waals surface area contributed by atoms with Crippen molar-refractivity contribution in [1.29, 1.82) is 0 Å². The van der Waals surface area contributed by atoms with Crippen LogP contribution in [0.15, 0.2) is 24.3 Å². The molecule has 0 aliphatic carbocycles. The molecule has 1 aromatic carbocycles. The predicted octanol–water partition coefficient (Wildman–Crippen LogP) is 3.58. The van der Waals surface area contributed by atoms with Crippen molar-refractivity contribution >= 4 is 23.4 Å². The van der Waals surface area contributed by atoms with Crippen LogP contribution in [0.4, 0.5) is 5.69 Å². The third-order valence-corrected chi connectivity index (χ3v) is 5.03. The Kier molecular flexibility index (Phi) is 5.92. The molecule has 1 fully saturated rings. The van der Waals surface area contributed by atoms with Crippen molar-refractivity contribution in [2.45, 2.75) is 44.4 Å². The molecule has 1 aliphatic rings. The summed E-state index contributed by atoms with van der Waals surface area (Å²) in [6.07, 6.45) is 4.07. The van der Waals surface area contributed by atoms with Crippen molar-refractivity contribution in [2.75, 3.05) is 17.6 Å². The van der Waals surface area contributed by atoms with Crippen LogP contribution in [0.5, 0.6) is 0 Å². The SMILES string of the molecule is CC(=O)Nc1cccc(C(C)NCC2CCCCS2)c1. The van der Waals surface area contributed by atoms with Gasteiger partial charge in [-0.3, -0.25) is 4.79 Å². The molecular formula is C16H24N2OS. The summed E-state index contributed by atoms with van der Waals surface area (Å²) in [4.78, 5) is 11.1. The Balaban J connectivity index is 1.87. The van der Waals surface area contributed by atoms with Gasteiger partial charge in [-0.15, -0.1) is 0 Å². The van der Waals surface area contributed by atoms with E-state index < -0.39 is 0 Å². The molecule has 1 amide bonds. The number of nitrogens with one attached hydrogen (secondary N) is 2. The van der Waals surface area contributed by atoms with E-state index in [0.717, 1.165) is 17.5 Å². The molecule has 20 heavy (non-hydrogen) atoms. The predicted molar refractivity (Wildman–Crippen MR) is 87.3 cm³/mol. The van der Waals surface area contributed by atoms with Gasteiger partial charge in [0.2, 0.25) is 5.91 Å². The van der Waals surface area contributed by atoms with Gasteiger partial charge in [0.1, 0.15) is 0 Å². The number of benzene rings is 1. The summed E-state index contributed by atoms with van der Waals surface area (Å²) in [5.41, 5.74) is 2.09. The highest BCUT2D eigenvalue weighted by Crippen LogP contribution is 2.25. The van der Waals surface area contributed by atoms with Crippen molar-refractivity contribution < 1.29 is 4.79 Å². The first kappa shape index (κ1) is 15.4. The van der Waals surface area contributed by atoms with Gasteiger partial charge in [-0.05, 0) is 43.2 Å². The molecule has 0 spiro atoms. The normalized spacial score (nSPS) is 20.4. The standard InChI is InChI=1S/C16H24N2OS/c1-12(17-11-16-8-3-4-9-20-16)14-6-5-7-15(10-14)18-13(2)19/h5-7,10,12,16-17H,3-4,8-9,11H2,1-2H3,(H,18,19). The van der Waals surface area contributed by atoms with Gasteiger partial charge in [0, 0.05) is 30.4 Å². The van der Waals surface area contributed by atoms with Crippen molar-refractivity contribution in [3.05, 3.63) is 29.8 Å². The van der Waals surface area contributed by atoms with Crippen LogP contribution in [-0.2, 0) is 4.79 Å². The van der Waals surface area contributed by atoms with E-state index in [1.165, 1.54) is 37.5 Å². The van der Waals surface area contributed by atoms with Crippen LogP contribution >= 0.6 is 11.8 Å². The maximum atomic E-state index is 11.1. The molecule has 4 heteroatoms. The lowest BCUT2D eigenvalue weighted by atomic mass is 10.1. The number of hydrogen-bond acceptors (Lipinski definition) is 3. The van der Waals surface area contributed by atoms with Gasteiger partial charge in [-0.1, -0.05) is 18.6 Å². The van der Waals surface area contributed by atoms with Crippen LogP contribution in [0.1, 0.15) is 44.7 Å². The average molecular weight is 292 g/mol. The van der Waals surface area contributed by atoms with E-state index >= 15 is 0 Å². The van der Waals surface area contributed by atoms with Gasteiger partial charge in [-0.2, -0.15) is 11.8 Å². The van der Waals surface area contributed by atoms with Gasteiger partial charge in [0.25, 0.3) is 0 Å². The molecule has 0 aromatic heterocycles. The molecule has 1 aliphatic heterocycles. The summed E-state index contributed by atoms with van der Waals surface area (Å²) in [6.45, 7) is 4.78. The van der Waals surface area contributed by atoms with Crippen LogP contribution in [0.2, 0.25) is 0 Å². The van der Waals surface area contributed by atoms with Crippen molar-refractivity contribution in [3.63, 3.8) is 0 Å². The maximum absolute atomic E-state index is 11.1. The molecule has 1 aromatic rings. The Morgan fingerprint density at radius 2 is 2.30 bits per heavy atom. The van der Waals surface area contributed by atoms with Gasteiger partial charge in [-0.25, -0.2) is 0 Å². The van der Waals surface area contributed by atoms with Gasteiger partial charge in [0.15, 0.2) is 0 Å². The first-order valence-electron chi connectivity index (χ1n) is 7.37. The third-order valence-electron chi connectivity index (χ3n) is 3.63. The monoisotopic (exact) mass is 292 g/mol. The molecule has 0 bridgehead atoms. The zero-order valence-electron chi connectivity index (χ0n) is 12.3. The fourth-order valence-electron chi connectivity index (χ4n) is 2.48.